The third-order valence-corrected chi connectivity index (χ3v) is 5.63. The zero-order valence-corrected chi connectivity index (χ0v) is 18.3. The summed E-state index contributed by atoms with van der Waals surface area (Å²) in [6.07, 6.45) is 2.68. The first kappa shape index (κ1) is 23.6. The number of rotatable bonds is 5. The summed E-state index contributed by atoms with van der Waals surface area (Å²) in [5.74, 6) is -1.69. The number of hydrogen-bond acceptors (Lipinski definition) is 6. The molecule has 0 aromatic rings. The lowest BCUT2D eigenvalue weighted by atomic mass is 9.67. The van der Waals surface area contributed by atoms with Crippen LogP contribution >= 0.6 is 0 Å². The van der Waals surface area contributed by atoms with Gasteiger partial charge in [0.25, 0.3) is 11.8 Å². The fourth-order valence-electron chi connectivity index (χ4n) is 3.92. The van der Waals surface area contributed by atoms with Gasteiger partial charge in [0, 0.05) is 6.04 Å². The molecule has 0 aromatic carbocycles. The number of esters is 1. The van der Waals surface area contributed by atoms with Crippen molar-refractivity contribution in [1.82, 2.24) is 20.9 Å². The molecule has 2 rings (SSSR count). The van der Waals surface area contributed by atoms with Gasteiger partial charge in [0.15, 0.2) is 6.61 Å². The molecule has 1 saturated heterocycles. The van der Waals surface area contributed by atoms with E-state index in [-0.39, 0.29) is 11.5 Å². The Hall–Kier alpha value is -2.65. The van der Waals surface area contributed by atoms with E-state index in [2.05, 4.69) is 31.4 Å². The Labute approximate surface area is 176 Å². The van der Waals surface area contributed by atoms with E-state index in [1.807, 2.05) is 5.32 Å². The van der Waals surface area contributed by atoms with Crippen LogP contribution in [0.3, 0.4) is 0 Å². The number of nitrogens with one attached hydrogen (secondary N) is 3. The summed E-state index contributed by atoms with van der Waals surface area (Å²) in [4.78, 5) is 61.1. The van der Waals surface area contributed by atoms with Crippen molar-refractivity contribution in [2.45, 2.75) is 71.9 Å². The summed E-state index contributed by atoms with van der Waals surface area (Å²) in [6, 6.07) is -1.49. The molecule has 0 unspecified atom stereocenters. The SMILES string of the molecule is CC(C)NC(=O)NC(=O)COC(=O)CN1C(=O)NC2(CCC(C(C)(C)C)CC2)C1=O. The first-order valence-electron chi connectivity index (χ1n) is 10.2. The van der Waals surface area contributed by atoms with Gasteiger partial charge in [-0.2, -0.15) is 0 Å². The quantitative estimate of drug-likeness (QED) is 0.450. The van der Waals surface area contributed by atoms with E-state index in [0.29, 0.717) is 18.8 Å². The van der Waals surface area contributed by atoms with Crippen LogP contribution in [0.25, 0.3) is 0 Å². The number of carbonyl (C=O) groups is 5. The highest BCUT2D eigenvalue weighted by Crippen LogP contribution is 2.43. The second-order valence-electron chi connectivity index (χ2n) is 9.38. The van der Waals surface area contributed by atoms with Gasteiger partial charge in [0.1, 0.15) is 12.1 Å². The molecule has 0 radical (unpaired) electrons. The molecular formula is C20H32N4O6. The van der Waals surface area contributed by atoms with Crippen LogP contribution in [0.5, 0.6) is 0 Å². The number of hydrogen-bond donors (Lipinski definition) is 3. The molecule has 6 amide bonds. The van der Waals surface area contributed by atoms with Crippen LogP contribution in [0, 0.1) is 11.3 Å². The highest BCUT2D eigenvalue weighted by atomic mass is 16.5. The van der Waals surface area contributed by atoms with Crippen LogP contribution in [0.1, 0.15) is 60.3 Å². The maximum absolute atomic E-state index is 12.9. The van der Waals surface area contributed by atoms with Gasteiger partial charge in [0.05, 0.1) is 0 Å². The van der Waals surface area contributed by atoms with Gasteiger partial charge < -0.3 is 15.4 Å². The van der Waals surface area contributed by atoms with Gasteiger partial charge in [-0.1, -0.05) is 20.8 Å². The molecular weight excluding hydrogens is 392 g/mol. The van der Waals surface area contributed by atoms with Crippen LogP contribution in [-0.4, -0.2) is 59.5 Å². The molecule has 1 aliphatic heterocycles. The van der Waals surface area contributed by atoms with E-state index >= 15 is 0 Å². The Morgan fingerprint density at radius 2 is 1.80 bits per heavy atom. The second kappa shape index (κ2) is 9.01. The minimum atomic E-state index is -0.967. The van der Waals surface area contributed by atoms with E-state index < -0.39 is 48.5 Å². The molecule has 2 aliphatic rings. The number of nitrogens with zero attached hydrogens (tertiary/aromatic N) is 1. The van der Waals surface area contributed by atoms with Crippen LogP contribution in [-0.2, 0) is 19.1 Å². The highest BCUT2D eigenvalue weighted by Gasteiger charge is 2.53. The van der Waals surface area contributed by atoms with Crippen LogP contribution in [0.15, 0.2) is 0 Å². The molecule has 10 nitrogen and oxygen atoms in total. The topological polar surface area (TPSA) is 134 Å². The van der Waals surface area contributed by atoms with Crippen molar-refractivity contribution in [3.8, 4) is 0 Å². The number of imide groups is 2. The Balaban J connectivity index is 1.85. The van der Waals surface area contributed by atoms with Crippen molar-refractivity contribution in [2.75, 3.05) is 13.2 Å². The molecule has 1 aliphatic carbocycles. The van der Waals surface area contributed by atoms with Gasteiger partial charge in [0.2, 0.25) is 0 Å². The number of carbonyl (C=O) groups excluding carboxylic acids is 5. The van der Waals surface area contributed by atoms with E-state index in [4.69, 9.17) is 4.74 Å². The Morgan fingerprint density at radius 1 is 1.20 bits per heavy atom. The molecule has 1 spiro atoms. The molecule has 3 N–H and O–H groups in total. The fraction of sp³-hybridized carbons (Fsp3) is 0.750. The average molecular weight is 424 g/mol. The fourth-order valence-corrected chi connectivity index (χ4v) is 3.92. The summed E-state index contributed by atoms with van der Waals surface area (Å²) >= 11 is 0. The van der Waals surface area contributed by atoms with Crippen molar-refractivity contribution in [3.63, 3.8) is 0 Å². The molecule has 2 fully saturated rings. The van der Waals surface area contributed by atoms with Crippen LogP contribution < -0.4 is 16.0 Å². The third-order valence-electron chi connectivity index (χ3n) is 5.63. The van der Waals surface area contributed by atoms with E-state index in [1.54, 1.807) is 13.8 Å². The van der Waals surface area contributed by atoms with Gasteiger partial charge >= 0.3 is 18.0 Å². The van der Waals surface area contributed by atoms with E-state index in [1.165, 1.54) is 0 Å². The van der Waals surface area contributed by atoms with Crippen molar-refractivity contribution in [2.24, 2.45) is 11.3 Å². The first-order valence-corrected chi connectivity index (χ1v) is 10.2. The molecule has 0 aromatic heterocycles. The maximum Gasteiger partial charge on any atom is 0.326 e. The minimum Gasteiger partial charge on any atom is -0.454 e. The summed E-state index contributed by atoms with van der Waals surface area (Å²) in [6.45, 7) is 8.67. The monoisotopic (exact) mass is 424 g/mol. The zero-order chi connectivity index (χ0) is 22.7. The molecule has 30 heavy (non-hydrogen) atoms. The second-order valence-corrected chi connectivity index (χ2v) is 9.38. The van der Waals surface area contributed by atoms with Crippen molar-refractivity contribution < 1.29 is 28.7 Å². The summed E-state index contributed by atoms with van der Waals surface area (Å²) < 4.78 is 4.80. The third kappa shape index (κ3) is 5.70. The van der Waals surface area contributed by atoms with E-state index in [0.717, 1.165) is 17.7 Å². The van der Waals surface area contributed by atoms with Crippen molar-refractivity contribution in [1.29, 1.82) is 0 Å². The Morgan fingerprint density at radius 3 is 2.33 bits per heavy atom. The Kier molecular flexibility index (Phi) is 7.10. The van der Waals surface area contributed by atoms with Gasteiger partial charge in [-0.05, 0) is 50.9 Å². The standard InChI is InChI=1S/C20H32N4O6/c1-12(2)21-17(28)22-14(25)11-30-15(26)10-24-16(27)20(23-18(24)29)8-6-13(7-9-20)19(3,4)5/h12-13H,6-11H2,1-5H3,(H,23,29)(H2,21,22,25,28). The number of ether oxygens (including phenoxy) is 1. The first-order chi connectivity index (χ1) is 13.8. The van der Waals surface area contributed by atoms with Crippen LogP contribution in [0.2, 0.25) is 0 Å². The number of amides is 6. The lowest BCUT2D eigenvalue weighted by molar-refractivity contribution is -0.151. The lowest BCUT2D eigenvalue weighted by Crippen LogP contribution is -2.50. The van der Waals surface area contributed by atoms with Crippen LogP contribution in [0.4, 0.5) is 9.59 Å². The number of urea groups is 2. The van der Waals surface area contributed by atoms with Gasteiger partial charge in [-0.15, -0.1) is 0 Å². The molecule has 168 valence electrons. The zero-order valence-electron chi connectivity index (χ0n) is 18.3. The lowest BCUT2D eigenvalue weighted by Gasteiger charge is -2.40. The predicted molar refractivity (Wildman–Crippen MR) is 107 cm³/mol. The largest absolute Gasteiger partial charge is 0.454 e. The highest BCUT2D eigenvalue weighted by molar-refractivity contribution is 6.08. The predicted octanol–water partition coefficient (Wildman–Crippen LogP) is 1.29. The Bertz CT molecular complexity index is 719. The molecule has 0 atom stereocenters. The molecule has 0 bridgehead atoms. The van der Waals surface area contributed by atoms with Gasteiger partial charge in [-0.3, -0.25) is 24.6 Å². The molecule has 1 saturated carbocycles. The molecule has 10 heteroatoms. The smallest absolute Gasteiger partial charge is 0.326 e. The normalized spacial score (nSPS) is 24.1. The molecule has 1 heterocycles. The summed E-state index contributed by atoms with van der Waals surface area (Å²) in [5, 5.41) is 7.23. The average Bonchev–Trinajstić information content (AvgIpc) is 2.83. The van der Waals surface area contributed by atoms with Gasteiger partial charge in [-0.25, -0.2) is 9.59 Å². The van der Waals surface area contributed by atoms with Crippen molar-refractivity contribution in [3.05, 3.63) is 0 Å². The maximum atomic E-state index is 12.9. The van der Waals surface area contributed by atoms with Crippen molar-refractivity contribution >= 4 is 29.8 Å². The van der Waals surface area contributed by atoms with E-state index in [9.17, 15) is 24.0 Å². The minimum absolute atomic E-state index is 0.128. The summed E-state index contributed by atoms with van der Waals surface area (Å²) in [7, 11) is 0. The summed E-state index contributed by atoms with van der Waals surface area (Å²) in [5.41, 5.74) is -0.838.